The fourth-order valence-corrected chi connectivity index (χ4v) is 3.89. The molecule has 2 aliphatic heterocycles. The Bertz CT molecular complexity index is 1030. The topological polar surface area (TPSA) is 98.2 Å². The third-order valence-electron chi connectivity index (χ3n) is 5.35. The number of aromatic nitrogens is 1. The van der Waals surface area contributed by atoms with Crippen LogP contribution in [0.1, 0.15) is 37.4 Å². The van der Waals surface area contributed by atoms with Crippen molar-refractivity contribution < 1.29 is 28.9 Å². The highest BCUT2D eigenvalue weighted by Crippen LogP contribution is 2.40. The summed E-state index contributed by atoms with van der Waals surface area (Å²) in [6.07, 6.45) is 3.86. The predicted molar refractivity (Wildman–Crippen MR) is 116 cm³/mol. The minimum absolute atomic E-state index is 0.0319. The summed E-state index contributed by atoms with van der Waals surface area (Å²) in [5.41, 5.74) is 1.06. The van der Waals surface area contributed by atoms with Crippen molar-refractivity contribution in [3.8, 4) is 11.5 Å². The minimum Gasteiger partial charge on any atom is -0.507 e. The second-order valence-electron chi connectivity index (χ2n) is 7.91. The van der Waals surface area contributed by atoms with E-state index in [2.05, 4.69) is 4.98 Å². The van der Waals surface area contributed by atoms with E-state index >= 15 is 0 Å². The number of benzene rings is 1. The summed E-state index contributed by atoms with van der Waals surface area (Å²) in [6, 6.07) is 7.74. The number of likely N-dealkylation sites (tertiary alicyclic amines) is 1. The SMILES string of the molecule is CC(C)OCCCN1C(=O)C(=O)/C(=C(\O)c2ccc3c(c2)OCCO3)C1c1cccnc1. The zero-order chi connectivity index (χ0) is 22.7. The molecule has 8 heteroatoms. The molecule has 0 bridgehead atoms. The van der Waals surface area contributed by atoms with Gasteiger partial charge in [-0.15, -0.1) is 0 Å². The lowest BCUT2D eigenvalue weighted by atomic mass is 9.96. The molecule has 1 fully saturated rings. The summed E-state index contributed by atoms with van der Waals surface area (Å²) in [5.74, 6) is -0.575. The molecule has 0 radical (unpaired) electrons. The number of hydrogen-bond acceptors (Lipinski definition) is 7. The van der Waals surface area contributed by atoms with Gasteiger partial charge in [-0.1, -0.05) is 6.07 Å². The maximum atomic E-state index is 13.0. The lowest BCUT2D eigenvalue weighted by molar-refractivity contribution is -0.140. The van der Waals surface area contributed by atoms with Crippen LogP contribution >= 0.6 is 0 Å². The molecule has 0 aliphatic carbocycles. The second kappa shape index (κ2) is 9.40. The van der Waals surface area contributed by atoms with Crippen LogP contribution in [0.25, 0.3) is 5.76 Å². The predicted octanol–water partition coefficient (Wildman–Crippen LogP) is 3.09. The first-order valence-corrected chi connectivity index (χ1v) is 10.7. The average molecular weight is 438 g/mol. The Hall–Kier alpha value is -3.39. The smallest absolute Gasteiger partial charge is 0.295 e. The molecule has 0 saturated carbocycles. The van der Waals surface area contributed by atoms with Crippen LogP contribution in [-0.4, -0.2) is 59.2 Å². The van der Waals surface area contributed by atoms with Gasteiger partial charge in [-0.2, -0.15) is 0 Å². The molecule has 0 spiro atoms. The molecule has 4 rings (SSSR count). The molecule has 8 nitrogen and oxygen atoms in total. The van der Waals surface area contributed by atoms with Gasteiger partial charge in [-0.3, -0.25) is 14.6 Å². The number of rotatable bonds is 7. The molecule has 168 valence electrons. The van der Waals surface area contributed by atoms with Crippen LogP contribution in [0.3, 0.4) is 0 Å². The van der Waals surface area contributed by atoms with E-state index in [9.17, 15) is 14.7 Å². The van der Waals surface area contributed by atoms with E-state index in [4.69, 9.17) is 14.2 Å². The van der Waals surface area contributed by atoms with E-state index in [0.29, 0.717) is 55.4 Å². The van der Waals surface area contributed by atoms with Crippen molar-refractivity contribution >= 4 is 17.4 Å². The molecule has 32 heavy (non-hydrogen) atoms. The van der Waals surface area contributed by atoms with Gasteiger partial charge >= 0.3 is 0 Å². The summed E-state index contributed by atoms with van der Waals surface area (Å²) < 4.78 is 16.7. The number of amides is 1. The molecule has 2 aromatic rings. The maximum Gasteiger partial charge on any atom is 0.295 e. The molecular formula is C24H26N2O6. The Morgan fingerprint density at radius 1 is 1.22 bits per heavy atom. The lowest BCUT2D eigenvalue weighted by Gasteiger charge is -2.25. The number of ether oxygens (including phenoxy) is 3. The summed E-state index contributed by atoms with van der Waals surface area (Å²) in [4.78, 5) is 31.6. The van der Waals surface area contributed by atoms with Gasteiger partial charge in [-0.25, -0.2) is 0 Å². The first-order valence-electron chi connectivity index (χ1n) is 10.7. The minimum atomic E-state index is -0.740. The average Bonchev–Trinajstić information content (AvgIpc) is 3.06. The van der Waals surface area contributed by atoms with Crippen LogP contribution < -0.4 is 9.47 Å². The molecule has 1 atom stereocenters. The van der Waals surface area contributed by atoms with Gasteiger partial charge in [0.05, 0.1) is 17.7 Å². The Morgan fingerprint density at radius 2 is 2.00 bits per heavy atom. The molecule has 1 saturated heterocycles. The van der Waals surface area contributed by atoms with Gasteiger partial charge in [-0.05, 0) is 50.1 Å². The third-order valence-corrected chi connectivity index (χ3v) is 5.35. The summed E-state index contributed by atoms with van der Waals surface area (Å²) >= 11 is 0. The molecule has 1 aromatic carbocycles. The number of aliphatic hydroxyl groups is 1. The zero-order valence-corrected chi connectivity index (χ0v) is 18.1. The number of hydrogen-bond donors (Lipinski definition) is 1. The van der Waals surface area contributed by atoms with E-state index in [1.165, 1.54) is 4.90 Å². The van der Waals surface area contributed by atoms with Crippen LogP contribution in [0.5, 0.6) is 11.5 Å². The lowest BCUT2D eigenvalue weighted by Crippen LogP contribution is -2.31. The summed E-state index contributed by atoms with van der Waals surface area (Å²) in [7, 11) is 0. The van der Waals surface area contributed by atoms with Crippen molar-refractivity contribution in [2.24, 2.45) is 0 Å². The normalized spacial score (nSPS) is 19.6. The highest BCUT2D eigenvalue weighted by Gasteiger charge is 2.46. The summed E-state index contributed by atoms with van der Waals surface area (Å²) in [6.45, 7) is 5.50. The van der Waals surface area contributed by atoms with E-state index in [1.807, 2.05) is 13.8 Å². The number of pyridine rings is 1. The van der Waals surface area contributed by atoms with Crippen molar-refractivity contribution in [3.05, 3.63) is 59.4 Å². The molecule has 1 amide bonds. The third kappa shape index (κ3) is 4.31. The zero-order valence-electron chi connectivity index (χ0n) is 18.1. The van der Waals surface area contributed by atoms with Crippen molar-refractivity contribution in [3.63, 3.8) is 0 Å². The first kappa shape index (κ1) is 21.8. The summed E-state index contributed by atoms with van der Waals surface area (Å²) in [5, 5.41) is 11.1. The maximum absolute atomic E-state index is 13.0. The van der Waals surface area contributed by atoms with Gasteiger partial charge in [0.15, 0.2) is 11.5 Å². The van der Waals surface area contributed by atoms with Gasteiger partial charge in [0.2, 0.25) is 0 Å². The first-order chi connectivity index (χ1) is 15.5. The number of carbonyl (C=O) groups is 2. The highest BCUT2D eigenvalue weighted by molar-refractivity contribution is 6.46. The standard InChI is InChI=1S/C24H26N2O6/c1-15(2)30-10-4-9-26-21(17-5-3-8-25-14-17)20(23(28)24(26)29)22(27)16-6-7-18-19(13-16)32-12-11-31-18/h3,5-8,13-15,21,27H,4,9-12H2,1-2H3/b22-20-. The number of nitrogens with zero attached hydrogens (tertiary/aromatic N) is 2. The van der Waals surface area contributed by atoms with Crippen LogP contribution in [0, 0.1) is 0 Å². The van der Waals surface area contributed by atoms with Gasteiger partial charge in [0.25, 0.3) is 11.7 Å². The number of carbonyl (C=O) groups excluding carboxylic acids is 2. The fourth-order valence-electron chi connectivity index (χ4n) is 3.89. The van der Waals surface area contributed by atoms with E-state index in [0.717, 1.165) is 0 Å². The Kier molecular flexibility index (Phi) is 6.41. The number of Topliss-reactive ketones (excluding diaryl/α,β-unsaturated/α-hetero) is 1. The largest absolute Gasteiger partial charge is 0.507 e. The van der Waals surface area contributed by atoms with Gasteiger partial charge in [0, 0.05) is 31.1 Å². The molecule has 3 heterocycles. The molecule has 1 aromatic heterocycles. The molecular weight excluding hydrogens is 412 g/mol. The second-order valence-corrected chi connectivity index (χ2v) is 7.91. The van der Waals surface area contributed by atoms with Crippen LogP contribution in [0.4, 0.5) is 0 Å². The van der Waals surface area contributed by atoms with E-state index < -0.39 is 17.7 Å². The monoisotopic (exact) mass is 438 g/mol. The number of fused-ring (bicyclic) bond motifs is 1. The van der Waals surface area contributed by atoms with Crippen molar-refractivity contribution in [1.29, 1.82) is 0 Å². The highest BCUT2D eigenvalue weighted by atomic mass is 16.6. The van der Waals surface area contributed by atoms with Crippen molar-refractivity contribution in [2.75, 3.05) is 26.4 Å². The fraction of sp³-hybridized carbons (Fsp3) is 0.375. The molecule has 2 aliphatic rings. The Morgan fingerprint density at radius 3 is 2.72 bits per heavy atom. The van der Waals surface area contributed by atoms with Gasteiger partial charge in [0.1, 0.15) is 19.0 Å². The molecule has 1 N–H and O–H groups in total. The Balaban J connectivity index is 1.72. The Labute approximate surface area is 186 Å². The van der Waals surface area contributed by atoms with Crippen LogP contribution in [0.2, 0.25) is 0 Å². The van der Waals surface area contributed by atoms with Gasteiger partial charge < -0.3 is 24.2 Å². The quantitative estimate of drug-likeness (QED) is 0.307. The van der Waals surface area contributed by atoms with Crippen LogP contribution in [-0.2, 0) is 14.3 Å². The van der Waals surface area contributed by atoms with E-state index in [1.54, 1.807) is 42.7 Å². The van der Waals surface area contributed by atoms with Crippen molar-refractivity contribution in [1.82, 2.24) is 9.88 Å². The van der Waals surface area contributed by atoms with Crippen molar-refractivity contribution in [2.45, 2.75) is 32.4 Å². The molecule has 1 unspecified atom stereocenters. The van der Waals surface area contributed by atoms with E-state index in [-0.39, 0.29) is 17.4 Å². The number of ketones is 1. The number of aliphatic hydroxyl groups excluding tert-OH is 1. The van der Waals surface area contributed by atoms with Crippen LogP contribution in [0.15, 0.2) is 48.3 Å².